The molecule has 0 aliphatic carbocycles. The maximum absolute atomic E-state index is 13.4. The van der Waals surface area contributed by atoms with Crippen molar-refractivity contribution in [1.29, 1.82) is 0 Å². The van der Waals surface area contributed by atoms with E-state index in [1.807, 2.05) is 6.92 Å². The second kappa shape index (κ2) is 5.88. The second-order valence-corrected chi connectivity index (χ2v) is 4.59. The van der Waals surface area contributed by atoms with Gasteiger partial charge in [0.2, 0.25) is 0 Å². The molecule has 0 aliphatic heterocycles. The van der Waals surface area contributed by atoms with E-state index in [2.05, 4.69) is 10.6 Å². The van der Waals surface area contributed by atoms with Crippen LogP contribution in [0, 0.1) is 18.6 Å². The summed E-state index contributed by atoms with van der Waals surface area (Å²) in [5, 5.41) is 5.04. The average molecular weight is 297 g/mol. The summed E-state index contributed by atoms with van der Waals surface area (Å²) in [6.07, 6.45) is 0. The molecule has 20 heavy (non-hydrogen) atoms. The summed E-state index contributed by atoms with van der Waals surface area (Å²) in [4.78, 5) is 11.7. The van der Waals surface area contributed by atoms with Crippen LogP contribution in [0.4, 0.5) is 25.0 Å². The van der Waals surface area contributed by atoms with E-state index < -0.39 is 17.7 Å². The standard InChI is InChI=1S/C14H11ClF2N2O/c1-8-2-5-12(10(15)6-8)18-14(20)19-13-7-9(16)3-4-11(13)17/h2-7H,1H3,(H2,18,19,20). The Labute approximate surface area is 119 Å². The molecule has 0 aliphatic rings. The molecular weight excluding hydrogens is 286 g/mol. The molecule has 0 atom stereocenters. The second-order valence-electron chi connectivity index (χ2n) is 4.19. The van der Waals surface area contributed by atoms with Crippen LogP contribution in [0.3, 0.4) is 0 Å². The van der Waals surface area contributed by atoms with Crippen molar-refractivity contribution >= 4 is 29.0 Å². The van der Waals surface area contributed by atoms with E-state index in [0.29, 0.717) is 10.7 Å². The maximum atomic E-state index is 13.4. The van der Waals surface area contributed by atoms with Crippen molar-refractivity contribution < 1.29 is 13.6 Å². The topological polar surface area (TPSA) is 41.1 Å². The first-order valence-electron chi connectivity index (χ1n) is 5.75. The van der Waals surface area contributed by atoms with E-state index in [9.17, 15) is 13.6 Å². The molecule has 2 amide bonds. The Hall–Kier alpha value is -2.14. The van der Waals surface area contributed by atoms with Crippen molar-refractivity contribution in [3.63, 3.8) is 0 Å². The molecule has 2 N–H and O–H groups in total. The molecular formula is C14H11ClF2N2O. The molecule has 0 saturated carbocycles. The first kappa shape index (κ1) is 14.3. The highest BCUT2D eigenvalue weighted by Gasteiger charge is 2.09. The Kier molecular flexibility index (Phi) is 4.20. The van der Waals surface area contributed by atoms with Crippen molar-refractivity contribution in [2.75, 3.05) is 10.6 Å². The molecule has 0 saturated heterocycles. The number of hydrogen-bond donors (Lipinski definition) is 2. The fourth-order valence-corrected chi connectivity index (χ4v) is 1.87. The fourth-order valence-electron chi connectivity index (χ4n) is 1.59. The molecule has 0 heterocycles. The molecule has 0 fully saturated rings. The number of halogens is 3. The zero-order valence-corrected chi connectivity index (χ0v) is 11.3. The summed E-state index contributed by atoms with van der Waals surface area (Å²) in [5.74, 6) is -1.37. The smallest absolute Gasteiger partial charge is 0.306 e. The van der Waals surface area contributed by atoms with Crippen LogP contribution >= 0.6 is 11.6 Å². The Bertz CT molecular complexity index is 662. The summed E-state index contributed by atoms with van der Waals surface area (Å²) in [7, 11) is 0. The first-order valence-corrected chi connectivity index (χ1v) is 6.13. The van der Waals surface area contributed by atoms with Gasteiger partial charge in [-0.1, -0.05) is 17.7 Å². The zero-order valence-electron chi connectivity index (χ0n) is 10.5. The third kappa shape index (κ3) is 3.45. The van der Waals surface area contributed by atoms with E-state index in [1.54, 1.807) is 18.2 Å². The van der Waals surface area contributed by atoms with E-state index in [1.165, 1.54) is 0 Å². The molecule has 0 unspecified atom stereocenters. The quantitative estimate of drug-likeness (QED) is 0.837. The van der Waals surface area contributed by atoms with E-state index in [0.717, 1.165) is 23.8 Å². The first-order chi connectivity index (χ1) is 9.45. The number of aryl methyl sites for hydroxylation is 1. The number of carbonyl (C=O) groups excluding carboxylic acids is 1. The van der Waals surface area contributed by atoms with Crippen molar-refractivity contribution in [1.82, 2.24) is 0 Å². The SMILES string of the molecule is Cc1ccc(NC(=O)Nc2cc(F)ccc2F)c(Cl)c1. The van der Waals surface area contributed by atoms with Crippen molar-refractivity contribution in [2.45, 2.75) is 6.92 Å². The average Bonchev–Trinajstić information content (AvgIpc) is 2.37. The maximum Gasteiger partial charge on any atom is 0.323 e. The van der Waals surface area contributed by atoms with Crippen molar-refractivity contribution in [3.8, 4) is 0 Å². The number of hydrogen-bond acceptors (Lipinski definition) is 1. The minimum absolute atomic E-state index is 0.245. The lowest BCUT2D eigenvalue weighted by Crippen LogP contribution is -2.20. The molecule has 0 spiro atoms. The number of anilines is 2. The number of nitrogens with one attached hydrogen (secondary N) is 2. The van der Waals surface area contributed by atoms with Gasteiger partial charge in [-0.3, -0.25) is 0 Å². The van der Waals surface area contributed by atoms with Gasteiger partial charge in [-0.05, 0) is 36.8 Å². The lowest BCUT2D eigenvalue weighted by molar-refractivity contribution is 0.262. The molecule has 2 rings (SSSR count). The highest BCUT2D eigenvalue weighted by molar-refractivity contribution is 6.33. The van der Waals surface area contributed by atoms with Gasteiger partial charge in [-0.15, -0.1) is 0 Å². The monoisotopic (exact) mass is 296 g/mol. The van der Waals surface area contributed by atoms with Gasteiger partial charge in [-0.2, -0.15) is 0 Å². The number of rotatable bonds is 2. The summed E-state index contributed by atoms with van der Waals surface area (Å²) in [5.41, 5.74) is 1.08. The van der Waals surface area contributed by atoms with E-state index in [4.69, 9.17) is 11.6 Å². The van der Waals surface area contributed by atoms with Gasteiger partial charge in [0.1, 0.15) is 11.6 Å². The Morgan fingerprint density at radius 2 is 1.75 bits per heavy atom. The largest absolute Gasteiger partial charge is 0.323 e. The predicted octanol–water partition coefficient (Wildman–Crippen LogP) is 4.57. The van der Waals surface area contributed by atoms with Crippen LogP contribution < -0.4 is 10.6 Å². The summed E-state index contributed by atoms with van der Waals surface area (Å²) >= 11 is 5.96. The van der Waals surface area contributed by atoms with E-state index >= 15 is 0 Å². The summed E-state index contributed by atoms with van der Waals surface area (Å²) < 4.78 is 26.3. The molecule has 0 aromatic heterocycles. The van der Waals surface area contributed by atoms with Gasteiger partial charge >= 0.3 is 6.03 Å². The normalized spacial score (nSPS) is 10.2. The van der Waals surface area contributed by atoms with E-state index in [-0.39, 0.29) is 5.69 Å². The van der Waals surface area contributed by atoms with Gasteiger partial charge in [0.25, 0.3) is 0 Å². The van der Waals surface area contributed by atoms with Crippen molar-refractivity contribution in [3.05, 3.63) is 58.6 Å². The molecule has 3 nitrogen and oxygen atoms in total. The highest BCUT2D eigenvalue weighted by Crippen LogP contribution is 2.23. The van der Waals surface area contributed by atoms with Crippen LogP contribution in [0.5, 0.6) is 0 Å². The number of benzene rings is 2. The van der Waals surface area contributed by atoms with Gasteiger partial charge in [-0.25, -0.2) is 13.6 Å². The van der Waals surface area contributed by atoms with Gasteiger partial charge in [0, 0.05) is 6.07 Å². The highest BCUT2D eigenvalue weighted by atomic mass is 35.5. The third-order valence-electron chi connectivity index (χ3n) is 2.55. The lowest BCUT2D eigenvalue weighted by Gasteiger charge is -2.10. The van der Waals surface area contributed by atoms with Crippen LogP contribution in [-0.2, 0) is 0 Å². The number of carbonyl (C=O) groups is 1. The van der Waals surface area contributed by atoms with Gasteiger partial charge < -0.3 is 10.6 Å². The predicted molar refractivity (Wildman–Crippen MR) is 75.2 cm³/mol. The van der Waals surface area contributed by atoms with Crippen LogP contribution in [0.1, 0.15) is 5.56 Å². The van der Waals surface area contributed by atoms with Crippen LogP contribution in [-0.4, -0.2) is 6.03 Å². The van der Waals surface area contributed by atoms with Crippen LogP contribution in [0.15, 0.2) is 36.4 Å². The third-order valence-corrected chi connectivity index (χ3v) is 2.86. The van der Waals surface area contributed by atoms with Crippen molar-refractivity contribution in [2.24, 2.45) is 0 Å². The van der Waals surface area contributed by atoms with Gasteiger partial charge in [0.05, 0.1) is 16.4 Å². The summed E-state index contributed by atoms with van der Waals surface area (Å²) in [6, 6.07) is 7.16. The fraction of sp³-hybridized carbons (Fsp3) is 0.0714. The molecule has 0 radical (unpaired) electrons. The number of urea groups is 1. The minimum Gasteiger partial charge on any atom is -0.306 e. The minimum atomic E-state index is -0.725. The zero-order chi connectivity index (χ0) is 14.7. The Balaban J connectivity index is 2.11. The molecule has 104 valence electrons. The van der Waals surface area contributed by atoms with Gasteiger partial charge in [0.15, 0.2) is 0 Å². The Morgan fingerprint density at radius 3 is 2.45 bits per heavy atom. The molecule has 2 aromatic rings. The van der Waals surface area contributed by atoms with Crippen LogP contribution in [0.25, 0.3) is 0 Å². The Morgan fingerprint density at radius 1 is 1.05 bits per heavy atom. The summed E-state index contributed by atoms with van der Waals surface area (Å²) in [6.45, 7) is 1.86. The molecule has 0 bridgehead atoms. The lowest BCUT2D eigenvalue weighted by atomic mass is 10.2. The molecule has 2 aromatic carbocycles. The molecule has 6 heteroatoms. The number of amides is 2. The van der Waals surface area contributed by atoms with Crippen LogP contribution in [0.2, 0.25) is 5.02 Å².